The van der Waals surface area contributed by atoms with Crippen molar-refractivity contribution in [3.8, 4) is 5.75 Å². The molecule has 0 amide bonds. The minimum atomic E-state index is -4.57. The van der Waals surface area contributed by atoms with Crippen LogP contribution in [-0.2, 0) is 6.18 Å². The van der Waals surface area contributed by atoms with Gasteiger partial charge in [-0.3, -0.25) is 0 Å². The lowest BCUT2D eigenvalue weighted by Crippen LogP contribution is -2.03. The molecule has 0 aliphatic rings. The second kappa shape index (κ2) is 3.47. The van der Waals surface area contributed by atoms with E-state index in [0.29, 0.717) is 12.1 Å². The number of benzene rings is 1. The van der Waals surface area contributed by atoms with Crippen LogP contribution >= 0.6 is 0 Å². The maximum absolute atomic E-state index is 12.1. The second-order valence-corrected chi connectivity index (χ2v) is 2.43. The first-order valence-electron chi connectivity index (χ1n) is 3.40. The van der Waals surface area contributed by atoms with Crippen molar-refractivity contribution in [3.05, 3.63) is 34.2 Å². The van der Waals surface area contributed by atoms with Crippen molar-refractivity contribution in [2.24, 2.45) is 5.11 Å². The van der Waals surface area contributed by atoms with Crippen molar-refractivity contribution < 1.29 is 18.3 Å². The van der Waals surface area contributed by atoms with Crippen molar-refractivity contribution in [1.29, 1.82) is 0 Å². The van der Waals surface area contributed by atoms with E-state index in [0.717, 1.165) is 6.07 Å². The molecule has 0 aliphatic carbocycles. The highest BCUT2D eigenvalue weighted by Gasteiger charge is 2.31. The number of phenols is 1. The number of phenolic OH excluding ortho intramolecular Hbond substituents is 1. The van der Waals surface area contributed by atoms with Crippen LogP contribution in [0.15, 0.2) is 23.3 Å². The predicted octanol–water partition coefficient (Wildman–Crippen LogP) is 3.35. The van der Waals surface area contributed by atoms with Crippen LogP contribution in [0.3, 0.4) is 0 Å². The molecule has 0 unspecified atom stereocenters. The summed E-state index contributed by atoms with van der Waals surface area (Å²) in [7, 11) is 0. The lowest BCUT2D eigenvalue weighted by molar-refractivity contribution is -0.137. The standard InChI is InChI=1S/C7H4F3N3O/c8-7(9,10)4-1-5(12-13-11)3-6(14)2-4/h1-3,14H. The number of halogens is 3. The molecular formula is C7H4F3N3O. The van der Waals surface area contributed by atoms with Crippen LogP contribution < -0.4 is 0 Å². The molecule has 0 saturated heterocycles. The molecule has 0 atom stereocenters. The van der Waals surface area contributed by atoms with Crippen molar-refractivity contribution in [3.63, 3.8) is 0 Å². The molecule has 74 valence electrons. The number of alkyl halides is 3. The van der Waals surface area contributed by atoms with E-state index in [-0.39, 0.29) is 5.69 Å². The Bertz CT molecular complexity index is 396. The summed E-state index contributed by atoms with van der Waals surface area (Å²) in [5.74, 6) is -0.595. The highest BCUT2D eigenvalue weighted by molar-refractivity contribution is 5.47. The van der Waals surface area contributed by atoms with E-state index < -0.39 is 17.5 Å². The normalized spacial score (nSPS) is 10.8. The topological polar surface area (TPSA) is 69.0 Å². The number of hydrogen-bond acceptors (Lipinski definition) is 2. The molecule has 0 heterocycles. The monoisotopic (exact) mass is 203 g/mol. The summed E-state index contributed by atoms with van der Waals surface area (Å²) in [6.45, 7) is 0. The lowest BCUT2D eigenvalue weighted by atomic mass is 10.2. The summed E-state index contributed by atoms with van der Waals surface area (Å²) in [6.07, 6.45) is -4.57. The molecule has 0 fully saturated rings. The van der Waals surface area contributed by atoms with Crippen molar-refractivity contribution in [1.82, 2.24) is 0 Å². The van der Waals surface area contributed by atoms with Gasteiger partial charge in [0.25, 0.3) is 0 Å². The third kappa shape index (κ3) is 2.30. The van der Waals surface area contributed by atoms with E-state index in [1.807, 2.05) is 0 Å². The fraction of sp³-hybridized carbons (Fsp3) is 0.143. The minimum absolute atomic E-state index is 0.278. The smallest absolute Gasteiger partial charge is 0.416 e. The molecule has 4 nitrogen and oxygen atoms in total. The third-order valence-corrected chi connectivity index (χ3v) is 1.39. The fourth-order valence-corrected chi connectivity index (χ4v) is 0.868. The van der Waals surface area contributed by atoms with Gasteiger partial charge < -0.3 is 5.11 Å². The highest BCUT2D eigenvalue weighted by atomic mass is 19.4. The van der Waals surface area contributed by atoms with E-state index in [2.05, 4.69) is 10.0 Å². The molecule has 1 aromatic rings. The molecule has 0 bridgehead atoms. The molecule has 0 aliphatic heterocycles. The van der Waals surface area contributed by atoms with E-state index >= 15 is 0 Å². The van der Waals surface area contributed by atoms with E-state index in [1.54, 1.807) is 0 Å². The molecule has 0 aromatic heterocycles. The van der Waals surface area contributed by atoms with Gasteiger partial charge in [-0.15, -0.1) is 0 Å². The predicted molar refractivity (Wildman–Crippen MR) is 41.9 cm³/mol. The molecule has 1 rings (SSSR count). The van der Waals surface area contributed by atoms with Crippen molar-refractivity contribution >= 4 is 5.69 Å². The average molecular weight is 203 g/mol. The Morgan fingerprint density at radius 2 is 1.93 bits per heavy atom. The van der Waals surface area contributed by atoms with Crippen LogP contribution in [0, 0.1) is 0 Å². The van der Waals surface area contributed by atoms with Crippen molar-refractivity contribution in [2.75, 3.05) is 0 Å². The quantitative estimate of drug-likeness (QED) is 0.424. The number of nitrogens with zero attached hydrogens (tertiary/aromatic N) is 3. The molecule has 0 saturated carbocycles. The van der Waals surface area contributed by atoms with Gasteiger partial charge in [0.15, 0.2) is 0 Å². The molecular weight excluding hydrogens is 199 g/mol. The number of hydrogen-bond donors (Lipinski definition) is 1. The zero-order valence-electron chi connectivity index (χ0n) is 6.65. The Morgan fingerprint density at radius 1 is 1.29 bits per heavy atom. The first kappa shape index (κ1) is 10.2. The molecule has 0 radical (unpaired) electrons. The third-order valence-electron chi connectivity index (χ3n) is 1.39. The average Bonchev–Trinajstić information content (AvgIpc) is 2.02. The van der Waals surface area contributed by atoms with Gasteiger partial charge in [0.1, 0.15) is 5.75 Å². The summed E-state index contributed by atoms with van der Waals surface area (Å²) in [6, 6.07) is 2.14. The van der Waals surface area contributed by atoms with Gasteiger partial charge in [-0.05, 0) is 23.7 Å². The van der Waals surface area contributed by atoms with E-state index in [1.165, 1.54) is 0 Å². The Kier molecular flexibility index (Phi) is 2.53. The molecule has 1 N–H and O–H groups in total. The minimum Gasteiger partial charge on any atom is -0.508 e. The summed E-state index contributed by atoms with van der Waals surface area (Å²) in [4.78, 5) is 2.32. The zero-order valence-corrected chi connectivity index (χ0v) is 6.65. The number of aromatic hydroxyl groups is 1. The van der Waals surface area contributed by atoms with Gasteiger partial charge in [0, 0.05) is 10.6 Å². The molecule has 14 heavy (non-hydrogen) atoms. The van der Waals surface area contributed by atoms with Gasteiger partial charge in [-0.1, -0.05) is 5.11 Å². The SMILES string of the molecule is [N-]=[N+]=Nc1cc(O)cc(C(F)(F)F)c1. The van der Waals surface area contributed by atoms with Gasteiger partial charge in [0.05, 0.1) is 5.56 Å². The lowest BCUT2D eigenvalue weighted by Gasteiger charge is -2.07. The number of azide groups is 1. The maximum atomic E-state index is 12.1. The summed E-state index contributed by atoms with van der Waals surface area (Å²) < 4.78 is 36.4. The molecule has 7 heteroatoms. The summed E-state index contributed by atoms with van der Waals surface area (Å²) in [5, 5.41) is 11.9. The van der Waals surface area contributed by atoms with Crippen LogP contribution in [-0.4, -0.2) is 5.11 Å². The largest absolute Gasteiger partial charge is 0.508 e. The van der Waals surface area contributed by atoms with Gasteiger partial charge in [0.2, 0.25) is 0 Å². The first-order chi connectivity index (χ1) is 6.43. The first-order valence-corrected chi connectivity index (χ1v) is 3.40. The molecule has 1 aromatic carbocycles. The Morgan fingerprint density at radius 3 is 2.43 bits per heavy atom. The van der Waals surface area contributed by atoms with Gasteiger partial charge in [-0.25, -0.2) is 0 Å². The van der Waals surface area contributed by atoms with Crippen LogP contribution in [0.1, 0.15) is 5.56 Å². The van der Waals surface area contributed by atoms with Crippen LogP contribution in [0.5, 0.6) is 5.75 Å². The van der Waals surface area contributed by atoms with Crippen molar-refractivity contribution in [2.45, 2.75) is 6.18 Å². The highest BCUT2D eigenvalue weighted by Crippen LogP contribution is 2.34. The van der Waals surface area contributed by atoms with Crippen LogP contribution in [0.2, 0.25) is 0 Å². The van der Waals surface area contributed by atoms with Crippen LogP contribution in [0.4, 0.5) is 18.9 Å². The van der Waals surface area contributed by atoms with Crippen LogP contribution in [0.25, 0.3) is 10.4 Å². The maximum Gasteiger partial charge on any atom is 0.416 e. The fourth-order valence-electron chi connectivity index (χ4n) is 0.868. The van der Waals surface area contributed by atoms with E-state index in [9.17, 15) is 13.2 Å². The number of rotatable bonds is 1. The van der Waals surface area contributed by atoms with Gasteiger partial charge >= 0.3 is 6.18 Å². The molecule has 0 spiro atoms. The zero-order chi connectivity index (χ0) is 10.8. The summed E-state index contributed by atoms with van der Waals surface area (Å²) in [5.41, 5.74) is 6.67. The Balaban J connectivity index is 3.27. The van der Waals surface area contributed by atoms with E-state index in [4.69, 9.17) is 10.6 Å². The second-order valence-electron chi connectivity index (χ2n) is 2.43. The van der Waals surface area contributed by atoms with Gasteiger partial charge in [-0.2, -0.15) is 13.2 Å². The Hall–Kier alpha value is -1.88. The summed E-state index contributed by atoms with van der Waals surface area (Å²) >= 11 is 0. The Labute approximate surface area is 76.2 Å².